The Bertz CT molecular complexity index is 3940. The Morgan fingerprint density at radius 3 is 1.12 bits per heavy atom. The summed E-state index contributed by atoms with van der Waals surface area (Å²) in [6.07, 6.45) is -0.449. The van der Waals surface area contributed by atoms with Crippen LogP contribution in [0.25, 0.3) is 67.3 Å². The minimum Gasteiger partial charge on any atom is -0.300 e. The number of hydrogen-bond acceptors (Lipinski definition) is 6. The third-order valence-electron chi connectivity index (χ3n) is 14.6. The average Bonchev–Trinajstić information content (AvgIpc) is 3.69. The molecule has 1 aliphatic heterocycles. The fourth-order valence-corrected chi connectivity index (χ4v) is 10.3. The summed E-state index contributed by atoms with van der Waals surface area (Å²) in [5.41, 5.74) is 10.7. The molecule has 0 atom stereocenters. The smallest absolute Gasteiger partial charge is 0.300 e. The maximum Gasteiger partial charge on any atom is 2.00 e. The molecule has 408 valence electrons. The fourth-order valence-electron chi connectivity index (χ4n) is 10.3. The molecule has 6 aromatic carbocycles. The zero-order valence-corrected chi connectivity index (χ0v) is 49.0. The van der Waals surface area contributed by atoms with Gasteiger partial charge in [0.1, 0.15) is 29.2 Å². The van der Waals surface area contributed by atoms with Crippen LogP contribution in [0, 0.1) is 48.1 Å². The molecule has 0 aliphatic carbocycles. The Morgan fingerprint density at radius 1 is 0.361 bits per heavy atom. The number of benzene rings is 6. The van der Waals surface area contributed by atoms with Gasteiger partial charge in [-0.05, 0) is 78.4 Å². The minimum atomic E-state index is -1.18. The average molecular weight is 1450 g/mol. The van der Waals surface area contributed by atoms with E-state index in [-0.39, 0.29) is 81.2 Å². The minimum absolute atomic E-state index is 0. The Morgan fingerprint density at radius 2 is 0.735 bits per heavy atom. The van der Waals surface area contributed by atoms with Gasteiger partial charge < -0.3 is 9.97 Å². The van der Waals surface area contributed by atoms with E-state index in [2.05, 4.69) is 145 Å². The quantitative estimate of drug-likeness (QED) is 0.0857. The third kappa shape index (κ3) is 11.6. The van der Waals surface area contributed by atoms with Crippen molar-refractivity contribution in [3.63, 3.8) is 0 Å². The summed E-state index contributed by atoms with van der Waals surface area (Å²) in [6.45, 7) is 4.35. The van der Waals surface area contributed by atoms with Gasteiger partial charge in [0.05, 0.1) is 11.4 Å². The van der Waals surface area contributed by atoms with Crippen LogP contribution in [0.15, 0.2) is 231 Å². The summed E-state index contributed by atoms with van der Waals surface area (Å²) in [5, 5.41) is 0. The van der Waals surface area contributed by atoms with Crippen LogP contribution in [-0.2, 0) is 59.4 Å². The van der Waals surface area contributed by atoms with Crippen LogP contribution in [0.4, 0.5) is 17.6 Å². The first-order valence-corrected chi connectivity index (χ1v) is 26.2. The first-order valence-electron chi connectivity index (χ1n) is 26.2. The SMILES string of the molecule is CC(C)(c1cccc(-c2[c-]cc(-c3ccccc3)cc2)n1)c1cccc(-c2[c-]cc(-c3ccccc3)cc2)n1.Fc1nc(F)c2[c-]c1Cc1[c-]c(c(F)nc1F)-c1cccc(n1)C(c1ccccc1)(c1ccccc1)c1cccc-2n1.[Pt+2].[Pt+2]. The molecule has 0 fully saturated rings. The van der Waals surface area contributed by atoms with Gasteiger partial charge in [0.25, 0.3) is 0 Å². The van der Waals surface area contributed by atoms with Crippen LogP contribution in [0.3, 0.4) is 0 Å². The standard InChI is InChI=1S/C37H28N2.C34H18F4N4.2Pt/c1-37(2,35-17-9-15-33(38-35)31-23-19-29(20-24-31)27-11-5-3-6-12-27)36-18-10-16-34(39-36)32-25-21-30(22-26-32)28-13-7-4-8-14-28;35-30-20-17-21-19-25(33(38)42-31(21)36)27-14-8-16-29(40-27)34(22-9-3-1-4-10-22,23-11-5-2-6-12-23)28-15-7-13-26(39-28)24(18-20)32(37)41-30;;/h3-23,25H,1-2H3;1-16H,17H2;;/q2*-2;2*+2. The normalized spacial score (nSPS) is 12.1. The topological polar surface area (TPSA) is 77.3 Å². The Kier molecular flexibility index (Phi) is 17.2. The van der Waals surface area contributed by atoms with Crippen LogP contribution in [0.5, 0.6) is 0 Å². The first-order chi connectivity index (χ1) is 39.5. The molecule has 0 radical (unpaired) electrons. The maximum absolute atomic E-state index is 15.2. The zero-order valence-electron chi connectivity index (χ0n) is 44.5. The molecule has 83 heavy (non-hydrogen) atoms. The van der Waals surface area contributed by atoms with Crippen molar-refractivity contribution < 1.29 is 59.7 Å². The molecule has 12 aromatic rings. The van der Waals surface area contributed by atoms with Gasteiger partial charge in [0, 0.05) is 16.8 Å². The van der Waals surface area contributed by atoms with Gasteiger partial charge in [0.2, 0.25) is 0 Å². The summed E-state index contributed by atoms with van der Waals surface area (Å²) in [5.74, 6) is -4.61. The van der Waals surface area contributed by atoms with Crippen molar-refractivity contribution in [2.75, 3.05) is 0 Å². The number of nitrogens with zero attached hydrogens (tertiary/aromatic N) is 6. The van der Waals surface area contributed by atoms with Crippen molar-refractivity contribution >= 4 is 0 Å². The van der Waals surface area contributed by atoms with E-state index in [0.717, 1.165) is 56.2 Å². The van der Waals surface area contributed by atoms with Crippen LogP contribution in [0.2, 0.25) is 0 Å². The van der Waals surface area contributed by atoms with Crippen molar-refractivity contribution in [1.82, 2.24) is 29.9 Å². The van der Waals surface area contributed by atoms with E-state index >= 15 is 8.78 Å². The second kappa shape index (κ2) is 24.8. The van der Waals surface area contributed by atoms with Crippen molar-refractivity contribution in [3.8, 4) is 67.3 Å². The second-order valence-electron chi connectivity index (χ2n) is 20.0. The monoisotopic (exact) mass is 1450 g/mol. The first kappa shape index (κ1) is 57.5. The second-order valence-corrected chi connectivity index (χ2v) is 20.0. The molecular weight excluding hydrogens is 1400 g/mol. The molecule has 6 aromatic heterocycles. The number of hydrogen-bond donors (Lipinski definition) is 0. The zero-order chi connectivity index (χ0) is 55.5. The molecule has 12 heteroatoms. The van der Waals surface area contributed by atoms with Crippen molar-refractivity contribution in [1.29, 1.82) is 0 Å². The number of rotatable bonds is 8. The Labute approximate surface area is 508 Å². The molecular formula is C71H46F4N6Pt2. The predicted molar refractivity (Wildman–Crippen MR) is 307 cm³/mol. The fraction of sp³-hybridized carbons (Fsp3) is 0.0704. The van der Waals surface area contributed by atoms with Gasteiger partial charge in [-0.1, -0.05) is 214 Å². The van der Waals surface area contributed by atoms with E-state index in [1.807, 2.05) is 97.1 Å². The summed E-state index contributed by atoms with van der Waals surface area (Å²) in [4.78, 5) is 26.8. The molecule has 0 N–H and O–H groups in total. The number of aromatic nitrogens is 6. The largest absolute Gasteiger partial charge is 2.00 e. The molecule has 1 aliphatic rings. The van der Waals surface area contributed by atoms with Gasteiger partial charge >= 0.3 is 42.1 Å². The van der Waals surface area contributed by atoms with E-state index in [4.69, 9.17) is 19.9 Å². The third-order valence-corrected chi connectivity index (χ3v) is 14.6. The molecule has 0 saturated carbocycles. The maximum atomic E-state index is 15.2. The van der Waals surface area contributed by atoms with E-state index in [0.29, 0.717) is 11.4 Å². The molecule has 8 bridgehead atoms. The van der Waals surface area contributed by atoms with Crippen LogP contribution < -0.4 is 0 Å². The number of halogens is 4. The predicted octanol–water partition coefficient (Wildman–Crippen LogP) is 16.1. The summed E-state index contributed by atoms with van der Waals surface area (Å²) >= 11 is 0. The molecule has 0 saturated heterocycles. The van der Waals surface area contributed by atoms with E-state index in [1.54, 1.807) is 36.4 Å². The Hall–Kier alpha value is -8.68. The summed E-state index contributed by atoms with van der Waals surface area (Å²) < 4.78 is 60.2. The van der Waals surface area contributed by atoms with Crippen molar-refractivity contribution in [2.24, 2.45) is 0 Å². The van der Waals surface area contributed by atoms with Crippen molar-refractivity contribution in [2.45, 2.75) is 31.1 Å². The molecule has 0 amide bonds. The summed E-state index contributed by atoms with van der Waals surface area (Å²) in [6, 6.07) is 87.0. The molecule has 7 heterocycles. The number of fused-ring (bicyclic) bond motifs is 10. The van der Waals surface area contributed by atoms with Gasteiger partial charge in [-0.15, -0.1) is 71.8 Å². The molecule has 0 spiro atoms. The molecule has 6 nitrogen and oxygen atoms in total. The van der Waals surface area contributed by atoms with E-state index in [9.17, 15) is 8.78 Å². The van der Waals surface area contributed by atoms with Crippen LogP contribution in [-0.4, -0.2) is 29.9 Å². The summed E-state index contributed by atoms with van der Waals surface area (Å²) in [7, 11) is 0. The van der Waals surface area contributed by atoms with Crippen LogP contribution >= 0.6 is 0 Å². The van der Waals surface area contributed by atoms with Crippen molar-refractivity contribution in [3.05, 3.63) is 324 Å². The van der Waals surface area contributed by atoms with Crippen LogP contribution in [0.1, 0.15) is 58.9 Å². The molecule has 13 rings (SSSR count). The van der Waals surface area contributed by atoms with Gasteiger partial charge in [-0.3, -0.25) is 19.9 Å². The Balaban J connectivity index is 0.000000182. The number of pyridine rings is 6. The van der Waals surface area contributed by atoms with Gasteiger partial charge in [-0.2, -0.15) is 0 Å². The van der Waals surface area contributed by atoms with Gasteiger partial charge in [0.15, 0.2) is 0 Å². The van der Waals surface area contributed by atoms with E-state index in [1.165, 1.54) is 11.1 Å². The molecule has 0 unspecified atom stereocenters. The van der Waals surface area contributed by atoms with Gasteiger partial charge in [-0.25, -0.2) is 17.6 Å². The van der Waals surface area contributed by atoms with E-state index < -0.39 is 35.6 Å².